The first-order chi connectivity index (χ1) is 11.6. The summed E-state index contributed by atoms with van der Waals surface area (Å²) in [6, 6.07) is 8.34. The molecule has 1 aromatic rings. The van der Waals surface area contributed by atoms with Gasteiger partial charge in [-0.1, -0.05) is 42.7 Å². The van der Waals surface area contributed by atoms with Crippen LogP contribution in [0.15, 0.2) is 24.3 Å². The molecule has 1 aromatic carbocycles. The molecule has 1 aliphatic heterocycles. The van der Waals surface area contributed by atoms with Crippen molar-refractivity contribution in [2.45, 2.75) is 38.0 Å². The summed E-state index contributed by atoms with van der Waals surface area (Å²) < 4.78 is 0. The maximum absolute atomic E-state index is 13.4. The van der Waals surface area contributed by atoms with Gasteiger partial charge in [0.1, 0.15) is 6.61 Å². The highest BCUT2D eigenvalue weighted by molar-refractivity contribution is 5.89. The van der Waals surface area contributed by atoms with Crippen LogP contribution in [0.4, 0.5) is 0 Å². The van der Waals surface area contributed by atoms with E-state index in [2.05, 4.69) is 25.1 Å². The number of amides is 2. The van der Waals surface area contributed by atoms with Crippen LogP contribution in [0, 0.1) is 6.92 Å². The number of piperazine rings is 1. The van der Waals surface area contributed by atoms with Gasteiger partial charge in [-0.25, -0.2) is 0 Å². The van der Waals surface area contributed by atoms with Gasteiger partial charge < -0.3 is 14.9 Å². The third-order valence-corrected chi connectivity index (χ3v) is 5.49. The molecule has 5 heteroatoms. The predicted molar refractivity (Wildman–Crippen MR) is 91.6 cm³/mol. The molecule has 3 rings (SSSR count). The molecule has 1 saturated carbocycles. The lowest BCUT2D eigenvalue weighted by Gasteiger charge is -2.40. The molecule has 0 bridgehead atoms. The van der Waals surface area contributed by atoms with E-state index >= 15 is 0 Å². The minimum Gasteiger partial charge on any atom is -0.387 e. The Hall–Kier alpha value is -1.88. The van der Waals surface area contributed by atoms with Gasteiger partial charge in [0, 0.05) is 26.2 Å². The van der Waals surface area contributed by atoms with Gasteiger partial charge in [-0.2, -0.15) is 0 Å². The first-order valence-corrected chi connectivity index (χ1v) is 8.82. The molecule has 2 fully saturated rings. The fourth-order valence-electron chi connectivity index (χ4n) is 4.11. The van der Waals surface area contributed by atoms with Crippen molar-refractivity contribution < 1.29 is 14.7 Å². The van der Waals surface area contributed by atoms with Gasteiger partial charge >= 0.3 is 0 Å². The van der Waals surface area contributed by atoms with Gasteiger partial charge in [-0.05, 0) is 25.3 Å². The Labute approximate surface area is 143 Å². The molecule has 1 aliphatic carbocycles. The first kappa shape index (κ1) is 17.0. The van der Waals surface area contributed by atoms with E-state index in [1.807, 2.05) is 11.0 Å². The van der Waals surface area contributed by atoms with E-state index in [1.54, 1.807) is 4.90 Å². The molecule has 5 nitrogen and oxygen atoms in total. The minimum atomic E-state index is -0.457. The van der Waals surface area contributed by atoms with Crippen LogP contribution >= 0.6 is 0 Å². The van der Waals surface area contributed by atoms with E-state index in [4.69, 9.17) is 5.11 Å². The summed E-state index contributed by atoms with van der Waals surface area (Å²) >= 11 is 0. The fraction of sp³-hybridized carbons (Fsp3) is 0.579. The Morgan fingerprint density at radius 1 is 1.08 bits per heavy atom. The lowest BCUT2D eigenvalue weighted by molar-refractivity contribution is -0.144. The molecule has 2 aliphatic rings. The second-order valence-corrected chi connectivity index (χ2v) is 6.99. The van der Waals surface area contributed by atoms with Crippen molar-refractivity contribution in [1.82, 2.24) is 9.80 Å². The third kappa shape index (κ3) is 3.05. The van der Waals surface area contributed by atoms with Crippen molar-refractivity contribution in [3.05, 3.63) is 35.4 Å². The van der Waals surface area contributed by atoms with Crippen LogP contribution in [0.1, 0.15) is 36.8 Å². The molecule has 0 aromatic heterocycles. The zero-order chi connectivity index (χ0) is 17.2. The number of hydrogen-bond donors (Lipinski definition) is 1. The molecule has 0 radical (unpaired) electrons. The Kier molecular flexibility index (Phi) is 4.90. The molecule has 1 heterocycles. The highest BCUT2D eigenvalue weighted by atomic mass is 16.3. The largest absolute Gasteiger partial charge is 0.387 e. The highest BCUT2D eigenvalue weighted by Gasteiger charge is 2.45. The molecule has 24 heavy (non-hydrogen) atoms. The Balaban J connectivity index is 1.78. The van der Waals surface area contributed by atoms with Crippen molar-refractivity contribution >= 4 is 11.8 Å². The maximum Gasteiger partial charge on any atom is 0.248 e. The van der Waals surface area contributed by atoms with Crippen molar-refractivity contribution in [1.29, 1.82) is 0 Å². The SMILES string of the molecule is Cc1cccc(C2(C(=O)N3CCN(C(=O)CO)CC3)CCCC2)c1. The molecular formula is C19H26N2O3. The van der Waals surface area contributed by atoms with Gasteiger partial charge in [-0.3, -0.25) is 9.59 Å². The fourth-order valence-corrected chi connectivity index (χ4v) is 4.11. The number of aliphatic hydroxyl groups is 1. The van der Waals surface area contributed by atoms with E-state index in [1.165, 1.54) is 5.56 Å². The van der Waals surface area contributed by atoms with Crippen molar-refractivity contribution in [3.8, 4) is 0 Å². The monoisotopic (exact) mass is 330 g/mol. The van der Waals surface area contributed by atoms with Crippen LogP contribution in [0.5, 0.6) is 0 Å². The topological polar surface area (TPSA) is 60.9 Å². The van der Waals surface area contributed by atoms with Gasteiger partial charge in [0.15, 0.2) is 0 Å². The molecule has 1 N–H and O–H groups in total. The number of carbonyl (C=O) groups excluding carboxylic acids is 2. The van der Waals surface area contributed by atoms with Crippen molar-refractivity contribution in [2.75, 3.05) is 32.8 Å². The van der Waals surface area contributed by atoms with Crippen molar-refractivity contribution in [3.63, 3.8) is 0 Å². The normalized spacial score (nSPS) is 20.2. The summed E-state index contributed by atoms with van der Waals surface area (Å²) in [5.41, 5.74) is 1.93. The number of nitrogens with zero attached hydrogens (tertiary/aromatic N) is 2. The summed E-state index contributed by atoms with van der Waals surface area (Å²) in [7, 11) is 0. The van der Waals surface area contributed by atoms with Crippen LogP contribution in [-0.2, 0) is 15.0 Å². The molecule has 0 unspecified atom stereocenters. The molecule has 0 spiro atoms. The van der Waals surface area contributed by atoms with Gasteiger partial charge in [0.05, 0.1) is 5.41 Å². The first-order valence-electron chi connectivity index (χ1n) is 8.82. The van der Waals surface area contributed by atoms with Crippen LogP contribution in [0.3, 0.4) is 0 Å². The number of aliphatic hydroxyl groups excluding tert-OH is 1. The van der Waals surface area contributed by atoms with E-state index in [0.29, 0.717) is 26.2 Å². The molecule has 0 atom stereocenters. The second kappa shape index (κ2) is 6.93. The average Bonchev–Trinajstić information content (AvgIpc) is 3.11. The summed E-state index contributed by atoms with van der Waals surface area (Å²) in [6.45, 7) is 3.73. The quantitative estimate of drug-likeness (QED) is 0.913. The summed E-state index contributed by atoms with van der Waals surface area (Å²) in [4.78, 5) is 28.5. The van der Waals surface area contributed by atoms with E-state index in [-0.39, 0.29) is 11.8 Å². The van der Waals surface area contributed by atoms with Crippen LogP contribution in [-0.4, -0.2) is 59.5 Å². The van der Waals surface area contributed by atoms with Gasteiger partial charge in [0.2, 0.25) is 11.8 Å². The van der Waals surface area contributed by atoms with E-state index in [9.17, 15) is 9.59 Å². The van der Waals surface area contributed by atoms with Gasteiger partial charge in [0.25, 0.3) is 0 Å². The zero-order valence-corrected chi connectivity index (χ0v) is 14.3. The highest BCUT2D eigenvalue weighted by Crippen LogP contribution is 2.43. The predicted octanol–water partition coefficient (Wildman–Crippen LogP) is 1.47. The lowest BCUT2D eigenvalue weighted by Crippen LogP contribution is -2.55. The number of hydrogen-bond acceptors (Lipinski definition) is 3. The Bertz CT molecular complexity index is 615. The van der Waals surface area contributed by atoms with Crippen LogP contribution in [0.25, 0.3) is 0 Å². The second-order valence-electron chi connectivity index (χ2n) is 6.99. The summed E-state index contributed by atoms with van der Waals surface area (Å²) in [5.74, 6) is -0.0435. The Morgan fingerprint density at radius 3 is 2.29 bits per heavy atom. The average molecular weight is 330 g/mol. The smallest absolute Gasteiger partial charge is 0.248 e. The van der Waals surface area contributed by atoms with E-state index in [0.717, 1.165) is 31.2 Å². The summed E-state index contributed by atoms with van der Waals surface area (Å²) in [6.07, 6.45) is 3.99. The minimum absolute atomic E-state index is 0.210. The third-order valence-electron chi connectivity index (χ3n) is 5.49. The lowest BCUT2D eigenvalue weighted by atomic mass is 9.77. The van der Waals surface area contributed by atoms with Crippen LogP contribution in [0.2, 0.25) is 0 Å². The number of carbonyl (C=O) groups is 2. The van der Waals surface area contributed by atoms with E-state index < -0.39 is 12.0 Å². The maximum atomic E-state index is 13.4. The Morgan fingerprint density at radius 2 is 1.71 bits per heavy atom. The summed E-state index contributed by atoms with van der Waals surface area (Å²) in [5, 5.41) is 8.98. The molecule has 130 valence electrons. The zero-order valence-electron chi connectivity index (χ0n) is 14.3. The molecular weight excluding hydrogens is 304 g/mol. The van der Waals surface area contributed by atoms with Crippen LogP contribution < -0.4 is 0 Å². The number of aryl methyl sites for hydroxylation is 1. The number of benzene rings is 1. The standard InChI is InChI=1S/C19H26N2O3/c1-15-5-4-6-16(13-15)19(7-2-3-8-19)18(24)21-11-9-20(10-12-21)17(23)14-22/h4-6,13,22H,2-3,7-12,14H2,1H3. The van der Waals surface area contributed by atoms with Crippen molar-refractivity contribution in [2.24, 2.45) is 0 Å². The molecule has 2 amide bonds. The number of rotatable bonds is 3. The van der Waals surface area contributed by atoms with Gasteiger partial charge in [-0.15, -0.1) is 0 Å². The molecule has 1 saturated heterocycles.